The number of amides is 1. The number of para-hydroxylation sites is 2. The lowest BCUT2D eigenvalue weighted by atomic mass is 10.0. The molecule has 0 bridgehead atoms. The molecule has 1 aromatic carbocycles. The number of fused-ring (bicyclic) bond motifs is 1. The molecule has 132 valence electrons. The Morgan fingerprint density at radius 3 is 2.80 bits per heavy atom. The van der Waals surface area contributed by atoms with Crippen LogP contribution in [0.2, 0.25) is 0 Å². The molecule has 1 fully saturated rings. The lowest BCUT2D eigenvalue weighted by molar-refractivity contribution is -0.143. The van der Waals surface area contributed by atoms with Gasteiger partial charge in [0.2, 0.25) is 6.10 Å². The molecule has 2 atom stereocenters. The molecule has 2 aromatic rings. The summed E-state index contributed by atoms with van der Waals surface area (Å²) in [4.78, 5) is 14.8. The third-order valence-corrected chi connectivity index (χ3v) is 4.88. The molecule has 0 saturated carbocycles. The molecular formula is C19H23N3O3. The second-order valence-corrected chi connectivity index (χ2v) is 6.82. The minimum Gasteiger partial charge on any atom is -0.485 e. The van der Waals surface area contributed by atoms with Gasteiger partial charge in [-0.25, -0.2) is 0 Å². The van der Waals surface area contributed by atoms with Crippen LogP contribution in [0.3, 0.4) is 0 Å². The highest BCUT2D eigenvalue weighted by molar-refractivity contribution is 5.82. The van der Waals surface area contributed by atoms with Crippen LogP contribution in [0.5, 0.6) is 11.5 Å². The summed E-state index contributed by atoms with van der Waals surface area (Å²) in [7, 11) is 0. The first-order chi connectivity index (χ1) is 12.1. The Kier molecular flexibility index (Phi) is 4.11. The number of rotatable bonds is 2. The van der Waals surface area contributed by atoms with Gasteiger partial charge in [-0.05, 0) is 44.9 Å². The largest absolute Gasteiger partial charge is 0.485 e. The topological polar surface area (TPSA) is 56.6 Å². The standard InChI is InChI=1S/C19H23N3O3/c1-13-10-14(2)22(20-13)15-6-5-9-21(11-15)19(23)18-12-24-16-7-3-4-8-17(16)25-18/h3-4,7-8,10,15,18H,5-6,9,11-12H2,1-2H3/t15-,18-/m1/s1. The van der Waals surface area contributed by atoms with E-state index in [9.17, 15) is 4.79 Å². The summed E-state index contributed by atoms with van der Waals surface area (Å²) in [6, 6.07) is 9.78. The monoisotopic (exact) mass is 341 g/mol. The van der Waals surface area contributed by atoms with E-state index >= 15 is 0 Å². The molecule has 25 heavy (non-hydrogen) atoms. The van der Waals surface area contributed by atoms with Crippen molar-refractivity contribution in [3.05, 3.63) is 41.7 Å². The Morgan fingerprint density at radius 1 is 1.24 bits per heavy atom. The number of piperidine rings is 1. The van der Waals surface area contributed by atoms with E-state index in [1.165, 1.54) is 0 Å². The van der Waals surface area contributed by atoms with E-state index in [1.54, 1.807) is 0 Å². The summed E-state index contributed by atoms with van der Waals surface area (Å²) in [5, 5.41) is 4.59. The van der Waals surface area contributed by atoms with Gasteiger partial charge in [0.15, 0.2) is 11.5 Å². The van der Waals surface area contributed by atoms with E-state index < -0.39 is 6.10 Å². The maximum absolute atomic E-state index is 12.9. The van der Waals surface area contributed by atoms with Gasteiger partial charge in [-0.3, -0.25) is 9.48 Å². The number of ether oxygens (including phenoxy) is 2. The molecule has 1 saturated heterocycles. The molecule has 0 radical (unpaired) electrons. The number of aromatic nitrogens is 2. The van der Waals surface area contributed by atoms with Crippen LogP contribution >= 0.6 is 0 Å². The van der Waals surface area contributed by atoms with Gasteiger partial charge in [-0.1, -0.05) is 12.1 Å². The zero-order valence-electron chi connectivity index (χ0n) is 14.6. The Labute approximate surface area is 147 Å². The molecule has 0 aliphatic carbocycles. The van der Waals surface area contributed by atoms with Crippen molar-refractivity contribution in [2.75, 3.05) is 19.7 Å². The molecule has 0 unspecified atom stereocenters. The molecule has 1 aromatic heterocycles. The highest BCUT2D eigenvalue weighted by Gasteiger charge is 2.34. The number of carbonyl (C=O) groups excluding carboxylic acids is 1. The fraction of sp³-hybridized carbons (Fsp3) is 0.474. The van der Waals surface area contributed by atoms with Gasteiger partial charge in [0, 0.05) is 18.8 Å². The molecule has 0 spiro atoms. The number of aryl methyl sites for hydroxylation is 2. The number of hydrogen-bond acceptors (Lipinski definition) is 4. The summed E-state index contributed by atoms with van der Waals surface area (Å²) in [6.45, 7) is 5.76. The molecule has 6 nitrogen and oxygen atoms in total. The predicted molar refractivity (Wildman–Crippen MR) is 92.9 cm³/mol. The molecule has 6 heteroatoms. The second-order valence-electron chi connectivity index (χ2n) is 6.82. The summed E-state index contributed by atoms with van der Waals surface area (Å²) in [6.07, 6.45) is 1.43. The Hall–Kier alpha value is -2.50. The average molecular weight is 341 g/mol. The van der Waals surface area contributed by atoms with Gasteiger partial charge in [0.05, 0.1) is 11.7 Å². The zero-order chi connectivity index (χ0) is 17.4. The van der Waals surface area contributed by atoms with Crippen LogP contribution < -0.4 is 9.47 Å². The number of carbonyl (C=O) groups is 1. The SMILES string of the molecule is Cc1cc(C)n([C@@H]2CCCN(C(=O)[C@H]3COc4ccccc4O3)C2)n1. The Morgan fingerprint density at radius 2 is 2.04 bits per heavy atom. The van der Waals surface area contributed by atoms with Crippen molar-refractivity contribution in [2.24, 2.45) is 0 Å². The van der Waals surface area contributed by atoms with Gasteiger partial charge < -0.3 is 14.4 Å². The van der Waals surface area contributed by atoms with E-state index in [1.807, 2.05) is 36.1 Å². The van der Waals surface area contributed by atoms with Crippen molar-refractivity contribution in [2.45, 2.75) is 38.8 Å². The molecule has 2 aliphatic heterocycles. The van der Waals surface area contributed by atoms with Crippen LogP contribution in [0.25, 0.3) is 0 Å². The summed E-state index contributed by atoms with van der Waals surface area (Å²) in [5.41, 5.74) is 2.16. The van der Waals surface area contributed by atoms with Crippen molar-refractivity contribution in [3.63, 3.8) is 0 Å². The first-order valence-electron chi connectivity index (χ1n) is 8.82. The van der Waals surface area contributed by atoms with Crippen molar-refractivity contribution < 1.29 is 14.3 Å². The lowest BCUT2D eigenvalue weighted by Crippen LogP contribution is -2.50. The third-order valence-electron chi connectivity index (χ3n) is 4.88. The number of hydrogen-bond donors (Lipinski definition) is 0. The van der Waals surface area contributed by atoms with Gasteiger partial charge in [0.1, 0.15) is 6.61 Å². The molecule has 1 amide bonds. The normalized spacial score (nSPS) is 22.7. The number of likely N-dealkylation sites (tertiary alicyclic amines) is 1. The van der Waals surface area contributed by atoms with Gasteiger partial charge in [-0.2, -0.15) is 5.10 Å². The van der Waals surface area contributed by atoms with Crippen LogP contribution in [0.1, 0.15) is 30.3 Å². The van der Waals surface area contributed by atoms with Gasteiger partial charge in [0.25, 0.3) is 5.91 Å². The van der Waals surface area contributed by atoms with E-state index in [0.29, 0.717) is 18.0 Å². The highest BCUT2D eigenvalue weighted by atomic mass is 16.6. The first kappa shape index (κ1) is 16.0. The first-order valence-corrected chi connectivity index (χ1v) is 8.82. The maximum atomic E-state index is 12.9. The van der Waals surface area contributed by atoms with Gasteiger partial charge in [-0.15, -0.1) is 0 Å². The zero-order valence-corrected chi connectivity index (χ0v) is 14.6. The van der Waals surface area contributed by atoms with Crippen molar-refractivity contribution in [1.29, 1.82) is 0 Å². The summed E-state index contributed by atoms with van der Waals surface area (Å²) >= 11 is 0. The summed E-state index contributed by atoms with van der Waals surface area (Å²) in [5.74, 6) is 1.34. The van der Waals surface area contributed by atoms with Crippen LogP contribution in [-0.4, -0.2) is 46.4 Å². The van der Waals surface area contributed by atoms with Crippen molar-refractivity contribution in [3.8, 4) is 11.5 Å². The van der Waals surface area contributed by atoms with E-state index in [4.69, 9.17) is 9.47 Å². The molecular weight excluding hydrogens is 318 g/mol. The van der Waals surface area contributed by atoms with E-state index in [-0.39, 0.29) is 18.6 Å². The van der Waals surface area contributed by atoms with Gasteiger partial charge >= 0.3 is 0 Å². The molecule has 3 heterocycles. The fourth-order valence-corrected chi connectivity index (χ4v) is 3.72. The average Bonchev–Trinajstić information content (AvgIpc) is 2.99. The maximum Gasteiger partial charge on any atom is 0.267 e. The van der Waals surface area contributed by atoms with Crippen LogP contribution in [-0.2, 0) is 4.79 Å². The third kappa shape index (κ3) is 3.08. The summed E-state index contributed by atoms with van der Waals surface area (Å²) < 4.78 is 13.6. The van der Waals surface area contributed by atoms with Crippen LogP contribution in [0.15, 0.2) is 30.3 Å². The Balaban J connectivity index is 1.46. The van der Waals surface area contributed by atoms with Crippen LogP contribution in [0.4, 0.5) is 0 Å². The van der Waals surface area contributed by atoms with E-state index in [2.05, 4.69) is 22.8 Å². The van der Waals surface area contributed by atoms with Crippen molar-refractivity contribution >= 4 is 5.91 Å². The number of benzene rings is 1. The Bertz CT molecular complexity index is 786. The van der Waals surface area contributed by atoms with Crippen LogP contribution in [0, 0.1) is 13.8 Å². The second kappa shape index (κ2) is 6.43. The minimum atomic E-state index is -0.575. The smallest absolute Gasteiger partial charge is 0.267 e. The molecule has 2 aliphatic rings. The van der Waals surface area contributed by atoms with E-state index in [0.717, 1.165) is 30.8 Å². The highest BCUT2D eigenvalue weighted by Crippen LogP contribution is 2.32. The predicted octanol–water partition coefficient (Wildman–Crippen LogP) is 2.50. The molecule has 4 rings (SSSR count). The van der Waals surface area contributed by atoms with Crippen molar-refractivity contribution in [1.82, 2.24) is 14.7 Å². The molecule has 0 N–H and O–H groups in total. The fourth-order valence-electron chi connectivity index (χ4n) is 3.72. The number of nitrogens with zero attached hydrogens (tertiary/aromatic N) is 3. The quantitative estimate of drug-likeness (QED) is 0.842. The minimum absolute atomic E-state index is 0.000680. The lowest BCUT2D eigenvalue weighted by Gasteiger charge is -2.36.